The predicted octanol–water partition coefficient (Wildman–Crippen LogP) is 2.38. The van der Waals surface area contributed by atoms with E-state index in [0.29, 0.717) is 0 Å². The summed E-state index contributed by atoms with van der Waals surface area (Å²) >= 11 is 0. The monoisotopic (exact) mass is 174 g/mol. The van der Waals surface area contributed by atoms with E-state index < -0.39 is 0 Å². The van der Waals surface area contributed by atoms with Crippen LogP contribution in [-0.4, -0.2) is 14.1 Å². The van der Waals surface area contributed by atoms with E-state index in [9.17, 15) is 0 Å². The minimum Gasteiger partial charge on any atom is -0.378 e. The molecule has 0 radical (unpaired) electrons. The van der Waals surface area contributed by atoms with Crippen molar-refractivity contribution in [3.63, 3.8) is 0 Å². The predicted molar refractivity (Wildman–Crippen MR) is 54.8 cm³/mol. The lowest BCUT2D eigenvalue weighted by Crippen LogP contribution is -2.08. The average Bonchev–Trinajstić information content (AvgIpc) is 2.17. The first-order valence-electron chi connectivity index (χ1n) is 4.32. The minimum absolute atomic E-state index is 0.0174. The fourth-order valence-corrected chi connectivity index (χ4v) is 1.14. The van der Waals surface area contributed by atoms with Gasteiger partial charge in [0.1, 0.15) is 0 Å². The number of nitriles is 1. The Hall–Kier alpha value is -1.49. The lowest BCUT2D eigenvalue weighted by Gasteiger charge is -2.12. The van der Waals surface area contributed by atoms with Crippen LogP contribution >= 0.6 is 0 Å². The number of nitrogens with zero attached hydrogens (tertiary/aromatic N) is 2. The van der Waals surface area contributed by atoms with Gasteiger partial charge in [0.25, 0.3) is 0 Å². The first-order chi connectivity index (χ1) is 6.15. The second kappa shape index (κ2) is 3.95. The van der Waals surface area contributed by atoms with Gasteiger partial charge in [0, 0.05) is 19.8 Å². The molecule has 0 aliphatic heterocycles. The molecule has 1 atom stereocenters. The largest absolute Gasteiger partial charge is 0.378 e. The molecule has 1 aromatic carbocycles. The Bertz CT molecular complexity index is 306. The lowest BCUT2D eigenvalue weighted by atomic mass is 10.0. The highest BCUT2D eigenvalue weighted by molar-refractivity contribution is 5.47. The van der Waals surface area contributed by atoms with Crippen molar-refractivity contribution in [2.45, 2.75) is 12.8 Å². The molecule has 0 saturated carbocycles. The van der Waals surface area contributed by atoms with Crippen LogP contribution in [-0.2, 0) is 0 Å². The maximum atomic E-state index is 8.71. The molecule has 0 amide bonds. The van der Waals surface area contributed by atoms with Crippen LogP contribution in [0.15, 0.2) is 24.3 Å². The summed E-state index contributed by atoms with van der Waals surface area (Å²) in [5.41, 5.74) is 2.24. The van der Waals surface area contributed by atoms with Crippen LogP contribution in [0.1, 0.15) is 18.4 Å². The quantitative estimate of drug-likeness (QED) is 0.688. The standard InChI is InChI=1S/C11H14N2/c1-9(8-12)10-4-6-11(7-5-10)13(2)3/h4-7,9H,1-3H3. The molecule has 1 unspecified atom stereocenters. The normalized spacial score (nSPS) is 11.8. The Morgan fingerprint density at radius 3 is 2.15 bits per heavy atom. The van der Waals surface area contributed by atoms with Crippen molar-refractivity contribution in [2.24, 2.45) is 0 Å². The third-order valence-electron chi connectivity index (χ3n) is 2.10. The lowest BCUT2D eigenvalue weighted by molar-refractivity contribution is 0.979. The third-order valence-corrected chi connectivity index (χ3v) is 2.10. The number of anilines is 1. The zero-order valence-corrected chi connectivity index (χ0v) is 8.28. The highest BCUT2D eigenvalue weighted by atomic mass is 15.1. The van der Waals surface area contributed by atoms with Crippen LogP contribution in [0.2, 0.25) is 0 Å². The molecular weight excluding hydrogens is 160 g/mol. The van der Waals surface area contributed by atoms with E-state index in [1.165, 1.54) is 0 Å². The maximum absolute atomic E-state index is 8.71. The second-order valence-electron chi connectivity index (χ2n) is 3.34. The first-order valence-corrected chi connectivity index (χ1v) is 4.32. The van der Waals surface area contributed by atoms with Crippen LogP contribution in [0.3, 0.4) is 0 Å². The maximum Gasteiger partial charge on any atom is 0.0700 e. The van der Waals surface area contributed by atoms with Gasteiger partial charge in [-0.1, -0.05) is 12.1 Å². The van der Waals surface area contributed by atoms with Gasteiger partial charge in [0.05, 0.1) is 12.0 Å². The second-order valence-corrected chi connectivity index (χ2v) is 3.34. The molecule has 0 N–H and O–H groups in total. The van der Waals surface area contributed by atoms with Crippen LogP contribution in [0.25, 0.3) is 0 Å². The van der Waals surface area contributed by atoms with E-state index in [2.05, 4.69) is 6.07 Å². The zero-order chi connectivity index (χ0) is 9.84. The molecule has 0 fully saturated rings. The molecule has 0 aromatic heterocycles. The Kier molecular flexibility index (Phi) is 2.92. The van der Waals surface area contributed by atoms with Crippen LogP contribution in [0, 0.1) is 11.3 Å². The van der Waals surface area contributed by atoms with Gasteiger partial charge in [0.2, 0.25) is 0 Å². The SMILES string of the molecule is CC(C#N)c1ccc(N(C)C)cc1. The van der Waals surface area contributed by atoms with E-state index in [1.807, 2.05) is 50.2 Å². The topological polar surface area (TPSA) is 27.0 Å². The van der Waals surface area contributed by atoms with Gasteiger partial charge < -0.3 is 4.90 Å². The molecule has 0 spiro atoms. The first kappa shape index (κ1) is 9.60. The summed E-state index contributed by atoms with van der Waals surface area (Å²) in [4.78, 5) is 2.04. The summed E-state index contributed by atoms with van der Waals surface area (Å²) in [5, 5.41) is 8.71. The van der Waals surface area contributed by atoms with Crippen molar-refractivity contribution >= 4 is 5.69 Å². The molecule has 1 aromatic rings. The molecule has 2 heteroatoms. The molecular formula is C11H14N2. The van der Waals surface area contributed by atoms with Crippen LogP contribution in [0.4, 0.5) is 5.69 Å². The van der Waals surface area contributed by atoms with Gasteiger partial charge in [-0.25, -0.2) is 0 Å². The molecule has 68 valence electrons. The summed E-state index contributed by atoms with van der Waals surface area (Å²) in [6.45, 7) is 1.91. The summed E-state index contributed by atoms with van der Waals surface area (Å²) in [7, 11) is 4.01. The summed E-state index contributed by atoms with van der Waals surface area (Å²) < 4.78 is 0. The fourth-order valence-electron chi connectivity index (χ4n) is 1.14. The van der Waals surface area contributed by atoms with Crippen molar-refractivity contribution in [2.75, 3.05) is 19.0 Å². The Morgan fingerprint density at radius 2 is 1.77 bits per heavy atom. The Balaban J connectivity index is 2.89. The fraction of sp³-hybridized carbons (Fsp3) is 0.364. The van der Waals surface area contributed by atoms with Gasteiger partial charge in [0.15, 0.2) is 0 Å². The van der Waals surface area contributed by atoms with E-state index in [4.69, 9.17) is 5.26 Å². The highest BCUT2D eigenvalue weighted by Crippen LogP contribution is 2.18. The zero-order valence-electron chi connectivity index (χ0n) is 8.28. The summed E-state index contributed by atoms with van der Waals surface area (Å²) in [6, 6.07) is 10.3. The summed E-state index contributed by atoms with van der Waals surface area (Å²) in [6.07, 6.45) is 0. The Labute approximate surface area is 79.4 Å². The average molecular weight is 174 g/mol. The van der Waals surface area contributed by atoms with Crippen molar-refractivity contribution < 1.29 is 0 Å². The van der Waals surface area contributed by atoms with Crippen molar-refractivity contribution in [3.05, 3.63) is 29.8 Å². The van der Waals surface area contributed by atoms with Gasteiger partial charge in [-0.2, -0.15) is 5.26 Å². The molecule has 0 bridgehead atoms. The number of benzene rings is 1. The van der Waals surface area contributed by atoms with Crippen molar-refractivity contribution in [1.82, 2.24) is 0 Å². The van der Waals surface area contributed by atoms with Gasteiger partial charge in [-0.05, 0) is 24.6 Å². The number of rotatable bonds is 2. The molecule has 0 aliphatic carbocycles. The van der Waals surface area contributed by atoms with E-state index in [0.717, 1.165) is 11.3 Å². The van der Waals surface area contributed by atoms with Crippen molar-refractivity contribution in [1.29, 1.82) is 5.26 Å². The number of hydrogen-bond acceptors (Lipinski definition) is 2. The van der Waals surface area contributed by atoms with Gasteiger partial charge >= 0.3 is 0 Å². The third kappa shape index (κ3) is 2.22. The van der Waals surface area contributed by atoms with Gasteiger partial charge in [-0.15, -0.1) is 0 Å². The molecule has 13 heavy (non-hydrogen) atoms. The molecule has 0 aliphatic rings. The van der Waals surface area contributed by atoms with Crippen LogP contribution < -0.4 is 4.90 Å². The highest BCUT2D eigenvalue weighted by Gasteiger charge is 2.02. The minimum atomic E-state index is -0.0174. The van der Waals surface area contributed by atoms with Gasteiger partial charge in [-0.3, -0.25) is 0 Å². The van der Waals surface area contributed by atoms with E-state index in [-0.39, 0.29) is 5.92 Å². The molecule has 2 nitrogen and oxygen atoms in total. The summed E-state index contributed by atoms with van der Waals surface area (Å²) in [5.74, 6) is -0.0174. The van der Waals surface area contributed by atoms with E-state index in [1.54, 1.807) is 0 Å². The molecule has 0 saturated heterocycles. The van der Waals surface area contributed by atoms with Crippen LogP contribution in [0.5, 0.6) is 0 Å². The smallest absolute Gasteiger partial charge is 0.0700 e. The molecule has 1 rings (SSSR count). The van der Waals surface area contributed by atoms with Crippen molar-refractivity contribution in [3.8, 4) is 6.07 Å². The number of hydrogen-bond donors (Lipinski definition) is 0. The Morgan fingerprint density at radius 1 is 1.23 bits per heavy atom. The molecule has 0 heterocycles. The van der Waals surface area contributed by atoms with E-state index >= 15 is 0 Å².